The quantitative estimate of drug-likeness (QED) is 0.588. The molecule has 0 bridgehead atoms. The van der Waals surface area contributed by atoms with Crippen molar-refractivity contribution in [2.75, 3.05) is 32.0 Å². The van der Waals surface area contributed by atoms with Crippen LogP contribution in [0.5, 0.6) is 5.88 Å². The Morgan fingerprint density at radius 3 is 2.97 bits per heavy atom. The molecule has 1 atom stereocenters. The van der Waals surface area contributed by atoms with E-state index in [-0.39, 0.29) is 35.8 Å². The van der Waals surface area contributed by atoms with E-state index in [1.165, 1.54) is 16.7 Å². The molecular weight excluding hydrogens is 462 g/mol. The number of hydrogen-bond donors (Lipinski definition) is 1. The number of nitrogens with one attached hydrogen (secondary N) is 1. The minimum absolute atomic E-state index is 0.0386. The molecule has 1 saturated heterocycles. The molecular formula is C23H24F2N6O2S. The van der Waals surface area contributed by atoms with E-state index in [4.69, 9.17) is 4.74 Å². The maximum atomic E-state index is 16.2. The van der Waals surface area contributed by atoms with Gasteiger partial charge in [0.15, 0.2) is 5.67 Å². The summed E-state index contributed by atoms with van der Waals surface area (Å²) in [6.07, 6.45) is 2.73. The number of ether oxygens (including phenoxy) is 1. The zero-order valence-electron chi connectivity index (χ0n) is 18.5. The highest BCUT2D eigenvalue weighted by atomic mass is 32.2. The number of aromatic nitrogens is 4. The van der Waals surface area contributed by atoms with Gasteiger partial charge in [0.05, 0.1) is 46.5 Å². The maximum absolute atomic E-state index is 16.2. The van der Waals surface area contributed by atoms with Crippen LogP contribution in [-0.4, -0.2) is 62.7 Å². The number of rotatable bonds is 5. The molecule has 6 rings (SSSR count). The molecule has 1 fully saturated rings. The lowest BCUT2D eigenvalue weighted by Crippen LogP contribution is -2.47. The van der Waals surface area contributed by atoms with Crippen LogP contribution in [0.1, 0.15) is 24.1 Å². The number of pyridine rings is 2. The molecule has 11 heteroatoms. The molecule has 0 aromatic carbocycles. The number of nitrogens with zero attached hydrogens (tertiary/aromatic N) is 5. The lowest BCUT2D eigenvalue weighted by atomic mass is 9.95. The smallest absolute Gasteiger partial charge is 0.251 e. The first kappa shape index (κ1) is 21.9. The Morgan fingerprint density at radius 2 is 2.12 bits per heavy atom. The summed E-state index contributed by atoms with van der Waals surface area (Å²) in [5.74, 6) is 0.820. The number of halogens is 2. The first-order chi connectivity index (χ1) is 16.5. The maximum Gasteiger partial charge on any atom is 0.251 e. The fraction of sp³-hybridized carbons (Fsp3) is 0.478. The number of hydrogen-bond acceptors (Lipinski definition) is 8. The second-order valence-corrected chi connectivity index (χ2v) is 10.2. The summed E-state index contributed by atoms with van der Waals surface area (Å²) in [6, 6.07) is 5.18. The highest BCUT2D eigenvalue weighted by Gasteiger charge is 2.45. The lowest BCUT2D eigenvalue weighted by Gasteiger charge is -2.36. The number of thioether (sulfide) groups is 1. The van der Waals surface area contributed by atoms with Crippen molar-refractivity contribution in [3.05, 3.63) is 51.8 Å². The van der Waals surface area contributed by atoms with Crippen LogP contribution in [0.3, 0.4) is 0 Å². The fourth-order valence-corrected chi connectivity index (χ4v) is 5.99. The van der Waals surface area contributed by atoms with Gasteiger partial charge in [0, 0.05) is 31.0 Å². The van der Waals surface area contributed by atoms with E-state index in [1.807, 2.05) is 11.0 Å². The molecule has 3 aromatic heterocycles. The van der Waals surface area contributed by atoms with Gasteiger partial charge in [0.25, 0.3) is 5.56 Å². The molecule has 3 aromatic rings. The summed E-state index contributed by atoms with van der Waals surface area (Å²) < 4.78 is 37.7. The molecule has 3 aliphatic rings. The standard InChI is InChI=1S/C23H24F2N6O2S/c24-16-11-27-17-1-2-19(32)31-13-23(25,20(16)21(17)31)12-30-5-3-14(4-6-30)26-10-15-9-18-22(29-28-15)33-7-8-34-18/h1-2,9,11,14,26H,3-8,10,12-13H2. The van der Waals surface area contributed by atoms with Gasteiger partial charge in [-0.1, -0.05) is 0 Å². The molecule has 3 aliphatic heterocycles. The zero-order chi connectivity index (χ0) is 23.3. The second-order valence-electron chi connectivity index (χ2n) is 9.07. The van der Waals surface area contributed by atoms with E-state index in [0.717, 1.165) is 35.4 Å². The minimum atomic E-state index is -1.96. The Balaban J connectivity index is 1.09. The van der Waals surface area contributed by atoms with Crippen molar-refractivity contribution in [1.82, 2.24) is 30.0 Å². The number of alkyl halides is 1. The van der Waals surface area contributed by atoms with Crippen molar-refractivity contribution >= 4 is 22.8 Å². The van der Waals surface area contributed by atoms with Crippen molar-refractivity contribution in [2.24, 2.45) is 0 Å². The fourth-order valence-electron chi connectivity index (χ4n) is 5.16. The van der Waals surface area contributed by atoms with E-state index in [1.54, 1.807) is 11.8 Å². The van der Waals surface area contributed by atoms with Gasteiger partial charge in [-0.05, 0) is 38.1 Å². The van der Waals surface area contributed by atoms with Gasteiger partial charge in [-0.2, -0.15) is 5.10 Å². The van der Waals surface area contributed by atoms with Crippen LogP contribution >= 0.6 is 11.8 Å². The van der Waals surface area contributed by atoms with E-state index in [9.17, 15) is 9.18 Å². The van der Waals surface area contributed by atoms with Gasteiger partial charge in [-0.3, -0.25) is 14.7 Å². The van der Waals surface area contributed by atoms with Crippen LogP contribution < -0.4 is 15.6 Å². The summed E-state index contributed by atoms with van der Waals surface area (Å²) in [7, 11) is 0. The predicted molar refractivity (Wildman–Crippen MR) is 123 cm³/mol. The van der Waals surface area contributed by atoms with Crippen LogP contribution in [-0.2, 0) is 18.8 Å². The molecule has 0 radical (unpaired) electrons. The zero-order valence-corrected chi connectivity index (χ0v) is 19.3. The summed E-state index contributed by atoms with van der Waals surface area (Å²) >= 11 is 1.73. The van der Waals surface area contributed by atoms with Crippen LogP contribution in [0.2, 0.25) is 0 Å². The van der Waals surface area contributed by atoms with E-state index < -0.39 is 11.5 Å². The van der Waals surface area contributed by atoms with Crippen molar-refractivity contribution < 1.29 is 13.5 Å². The third-order valence-corrected chi connectivity index (χ3v) is 7.78. The Bertz CT molecular complexity index is 1310. The largest absolute Gasteiger partial charge is 0.475 e. The third kappa shape index (κ3) is 3.85. The number of likely N-dealkylation sites (tertiary alicyclic amines) is 1. The van der Waals surface area contributed by atoms with Gasteiger partial charge < -0.3 is 14.6 Å². The molecule has 8 nitrogen and oxygen atoms in total. The van der Waals surface area contributed by atoms with Gasteiger partial charge in [-0.25, -0.2) is 8.78 Å². The SMILES string of the molecule is O=c1ccc2ncc(F)c3c2n1CC3(F)CN1CCC(NCc2cc3c(nn2)OCCS3)CC1. The minimum Gasteiger partial charge on any atom is -0.475 e. The topological polar surface area (TPSA) is 85.2 Å². The summed E-state index contributed by atoms with van der Waals surface area (Å²) in [6.45, 7) is 2.50. The van der Waals surface area contributed by atoms with Crippen LogP contribution in [0.4, 0.5) is 8.78 Å². The third-order valence-electron chi connectivity index (χ3n) is 6.80. The second kappa shape index (κ2) is 8.54. The molecule has 0 spiro atoms. The van der Waals surface area contributed by atoms with E-state index in [2.05, 4.69) is 20.5 Å². The van der Waals surface area contributed by atoms with Crippen LogP contribution in [0.25, 0.3) is 11.0 Å². The molecule has 0 aliphatic carbocycles. The summed E-state index contributed by atoms with van der Waals surface area (Å²) in [5.41, 5.74) is -0.748. The van der Waals surface area contributed by atoms with Crippen molar-refractivity contribution in [1.29, 1.82) is 0 Å². The summed E-state index contributed by atoms with van der Waals surface area (Å²) in [5, 5.41) is 11.9. The normalized spacial score (nSPS) is 22.6. The van der Waals surface area contributed by atoms with Crippen LogP contribution in [0.15, 0.2) is 34.1 Å². The number of piperidine rings is 1. The molecule has 178 valence electrons. The molecule has 34 heavy (non-hydrogen) atoms. The van der Waals surface area contributed by atoms with E-state index in [0.29, 0.717) is 37.6 Å². The van der Waals surface area contributed by atoms with Gasteiger partial charge in [-0.15, -0.1) is 16.9 Å². The monoisotopic (exact) mass is 486 g/mol. The summed E-state index contributed by atoms with van der Waals surface area (Å²) in [4.78, 5) is 19.4. The Hall–Kier alpha value is -2.63. The average Bonchev–Trinajstić information content (AvgIpc) is 3.17. The Kier molecular flexibility index (Phi) is 5.50. The van der Waals surface area contributed by atoms with Gasteiger partial charge >= 0.3 is 0 Å². The lowest BCUT2D eigenvalue weighted by molar-refractivity contribution is 0.0636. The van der Waals surface area contributed by atoms with E-state index >= 15 is 4.39 Å². The predicted octanol–water partition coefficient (Wildman–Crippen LogP) is 2.24. The van der Waals surface area contributed by atoms with Crippen molar-refractivity contribution in [2.45, 2.75) is 42.5 Å². The Morgan fingerprint density at radius 1 is 1.26 bits per heavy atom. The molecule has 1 N–H and O–H groups in total. The Labute approximate surface area is 198 Å². The van der Waals surface area contributed by atoms with Crippen LogP contribution in [0, 0.1) is 5.82 Å². The van der Waals surface area contributed by atoms with Gasteiger partial charge in [0.2, 0.25) is 5.88 Å². The van der Waals surface area contributed by atoms with Crippen molar-refractivity contribution in [3.8, 4) is 5.88 Å². The molecule has 1 unspecified atom stereocenters. The highest BCUT2D eigenvalue weighted by molar-refractivity contribution is 7.99. The van der Waals surface area contributed by atoms with Gasteiger partial charge in [0.1, 0.15) is 5.82 Å². The molecule has 0 saturated carbocycles. The first-order valence-electron chi connectivity index (χ1n) is 11.5. The highest BCUT2D eigenvalue weighted by Crippen LogP contribution is 2.41. The molecule has 0 amide bonds. The van der Waals surface area contributed by atoms with Crippen molar-refractivity contribution in [3.63, 3.8) is 0 Å². The first-order valence-corrected chi connectivity index (χ1v) is 12.4. The average molecular weight is 487 g/mol. The molecule has 6 heterocycles. The number of fused-ring (bicyclic) bond motifs is 1.